The van der Waals surface area contributed by atoms with Gasteiger partial charge < -0.3 is 10.0 Å². The van der Waals surface area contributed by atoms with Crippen molar-refractivity contribution in [3.05, 3.63) is 34.3 Å². The Hall–Kier alpha value is -0.870. The van der Waals surface area contributed by atoms with Crippen molar-refractivity contribution in [2.45, 2.75) is 6.54 Å². The number of amides is 1. The highest BCUT2D eigenvalue weighted by Gasteiger charge is 2.60. The number of hydrogen-bond acceptors (Lipinski definition) is 2. The molecule has 1 aromatic carbocycles. The zero-order chi connectivity index (χ0) is 12.0. The number of benzene rings is 1. The summed E-state index contributed by atoms with van der Waals surface area (Å²) in [7, 11) is 0. The van der Waals surface area contributed by atoms with E-state index in [1.807, 2.05) is 29.2 Å². The third-order valence-corrected chi connectivity index (χ3v) is 4.33. The zero-order valence-corrected chi connectivity index (χ0v) is 10.9. The summed E-state index contributed by atoms with van der Waals surface area (Å²) < 4.78 is 1.04. The van der Waals surface area contributed by atoms with Crippen LogP contribution in [-0.2, 0) is 11.3 Å². The average molecular weight is 296 g/mol. The van der Waals surface area contributed by atoms with E-state index in [4.69, 9.17) is 5.11 Å². The quantitative estimate of drug-likeness (QED) is 0.921. The third-order valence-electron chi connectivity index (χ3n) is 3.83. The summed E-state index contributed by atoms with van der Waals surface area (Å²) in [6.07, 6.45) is 0. The van der Waals surface area contributed by atoms with Gasteiger partial charge in [0.1, 0.15) is 0 Å². The molecule has 1 heterocycles. The molecule has 1 aromatic rings. The number of halogens is 1. The van der Waals surface area contributed by atoms with Gasteiger partial charge in [0.2, 0.25) is 5.91 Å². The molecule has 17 heavy (non-hydrogen) atoms. The van der Waals surface area contributed by atoms with Crippen molar-refractivity contribution in [1.82, 2.24) is 4.90 Å². The summed E-state index contributed by atoms with van der Waals surface area (Å²) in [4.78, 5) is 13.9. The molecule has 2 fully saturated rings. The van der Waals surface area contributed by atoms with Gasteiger partial charge >= 0.3 is 0 Å². The van der Waals surface area contributed by atoms with Gasteiger partial charge in [0.25, 0.3) is 0 Å². The van der Waals surface area contributed by atoms with Gasteiger partial charge in [0.05, 0.1) is 0 Å². The molecule has 3 atom stereocenters. The maximum Gasteiger partial charge on any atom is 0.226 e. The van der Waals surface area contributed by atoms with E-state index in [0.29, 0.717) is 12.5 Å². The predicted molar refractivity (Wildman–Crippen MR) is 67.1 cm³/mol. The van der Waals surface area contributed by atoms with Gasteiger partial charge in [-0.3, -0.25) is 4.79 Å². The molecule has 0 aromatic heterocycles. The summed E-state index contributed by atoms with van der Waals surface area (Å²) in [5.74, 6) is 0.960. The smallest absolute Gasteiger partial charge is 0.226 e. The van der Waals surface area contributed by atoms with Gasteiger partial charge in [-0.2, -0.15) is 0 Å². The van der Waals surface area contributed by atoms with Crippen LogP contribution in [0, 0.1) is 17.8 Å². The molecule has 2 aliphatic rings. The fourth-order valence-corrected chi connectivity index (χ4v) is 3.31. The van der Waals surface area contributed by atoms with E-state index in [2.05, 4.69) is 15.9 Å². The van der Waals surface area contributed by atoms with Gasteiger partial charge in [-0.25, -0.2) is 0 Å². The minimum atomic E-state index is 0.104. The molecule has 0 spiro atoms. The summed E-state index contributed by atoms with van der Waals surface area (Å²) >= 11 is 3.43. The number of carbonyl (C=O) groups excluding carboxylic acids is 1. The minimum absolute atomic E-state index is 0.104. The number of piperidine rings is 1. The van der Waals surface area contributed by atoms with Crippen LogP contribution in [0.2, 0.25) is 0 Å². The van der Waals surface area contributed by atoms with E-state index in [1.165, 1.54) is 0 Å². The van der Waals surface area contributed by atoms with Crippen LogP contribution in [0.1, 0.15) is 5.56 Å². The van der Waals surface area contributed by atoms with E-state index in [9.17, 15) is 4.79 Å². The first-order valence-corrected chi connectivity index (χ1v) is 6.64. The molecule has 1 saturated carbocycles. The van der Waals surface area contributed by atoms with Crippen LogP contribution >= 0.6 is 15.9 Å². The Bertz CT molecular complexity index is 462. The molecule has 1 aliphatic carbocycles. The molecule has 4 heteroatoms. The SMILES string of the molecule is O=C1C2C(CO)C2CN1Cc1cccc(Br)c1. The molecule has 3 nitrogen and oxygen atoms in total. The monoisotopic (exact) mass is 295 g/mol. The van der Waals surface area contributed by atoms with Crippen LogP contribution in [-0.4, -0.2) is 29.1 Å². The van der Waals surface area contributed by atoms with Crippen molar-refractivity contribution < 1.29 is 9.90 Å². The third kappa shape index (κ3) is 1.89. The van der Waals surface area contributed by atoms with Crippen molar-refractivity contribution in [2.24, 2.45) is 17.8 Å². The maximum atomic E-state index is 12.0. The lowest BCUT2D eigenvalue weighted by Crippen LogP contribution is -2.30. The van der Waals surface area contributed by atoms with Crippen molar-refractivity contribution in [2.75, 3.05) is 13.2 Å². The standard InChI is InChI=1S/C13H14BrNO2/c14-9-3-1-2-8(4-9)5-15-6-10-11(7-16)12(10)13(15)17/h1-4,10-12,16H,5-7H2. The van der Waals surface area contributed by atoms with E-state index < -0.39 is 0 Å². The van der Waals surface area contributed by atoms with Gasteiger partial charge in [0.15, 0.2) is 0 Å². The lowest BCUT2D eigenvalue weighted by molar-refractivity contribution is -0.131. The molecule has 1 aliphatic heterocycles. The first kappa shape index (κ1) is 11.2. The molecular formula is C13H14BrNO2. The molecule has 1 amide bonds. The molecule has 1 N–H and O–H groups in total. The average Bonchev–Trinajstić information content (AvgIpc) is 2.91. The van der Waals surface area contributed by atoms with Crippen molar-refractivity contribution in [1.29, 1.82) is 0 Å². The Labute approximate surface area is 109 Å². The number of aliphatic hydroxyl groups is 1. The van der Waals surface area contributed by atoms with E-state index in [-0.39, 0.29) is 24.3 Å². The second kappa shape index (κ2) is 4.10. The van der Waals surface area contributed by atoms with Crippen molar-refractivity contribution in [3.63, 3.8) is 0 Å². The first-order chi connectivity index (χ1) is 8.20. The van der Waals surface area contributed by atoms with Crippen LogP contribution in [0.25, 0.3) is 0 Å². The largest absolute Gasteiger partial charge is 0.396 e. The summed E-state index contributed by atoms with van der Waals surface area (Å²) in [5, 5.41) is 9.07. The highest BCUT2D eigenvalue weighted by Crippen LogP contribution is 2.52. The Balaban J connectivity index is 1.67. The number of rotatable bonds is 3. The van der Waals surface area contributed by atoms with E-state index >= 15 is 0 Å². The Morgan fingerprint density at radius 1 is 1.47 bits per heavy atom. The van der Waals surface area contributed by atoms with Crippen LogP contribution in [0.5, 0.6) is 0 Å². The highest BCUT2D eigenvalue weighted by molar-refractivity contribution is 9.10. The second-order valence-electron chi connectivity index (χ2n) is 4.88. The molecule has 90 valence electrons. The minimum Gasteiger partial charge on any atom is -0.396 e. The molecular weight excluding hydrogens is 282 g/mol. The topological polar surface area (TPSA) is 40.5 Å². The number of aliphatic hydroxyl groups excluding tert-OH is 1. The second-order valence-corrected chi connectivity index (χ2v) is 5.80. The highest BCUT2D eigenvalue weighted by atomic mass is 79.9. The fourth-order valence-electron chi connectivity index (χ4n) is 2.86. The molecule has 1 saturated heterocycles. The molecule has 3 unspecified atom stereocenters. The van der Waals surface area contributed by atoms with Crippen LogP contribution in [0.15, 0.2) is 28.7 Å². The summed E-state index contributed by atoms with van der Waals surface area (Å²) in [5.41, 5.74) is 1.15. The van der Waals surface area contributed by atoms with Crippen molar-refractivity contribution >= 4 is 21.8 Å². The lowest BCUT2D eigenvalue weighted by Gasteiger charge is -2.19. The Morgan fingerprint density at radius 3 is 2.88 bits per heavy atom. The molecule has 0 radical (unpaired) electrons. The van der Waals surface area contributed by atoms with Gasteiger partial charge in [-0.1, -0.05) is 28.1 Å². The summed E-state index contributed by atoms with van der Waals surface area (Å²) in [6, 6.07) is 8.04. The number of fused-ring (bicyclic) bond motifs is 1. The zero-order valence-electron chi connectivity index (χ0n) is 9.34. The number of hydrogen-bond donors (Lipinski definition) is 1. The van der Waals surface area contributed by atoms with E-state index in [0.717, 1.165) is 16.6 Å². The van der Waals surface area contributed by atoms with Gasteiger partial charge in [0, 0.05) is 30.1 Å². The van der Waals surface area contributed by atoms with Crippen LogP contribution in [0.4, 0.5) is 0 Å². The van der Waals surface area contributed by atoms with Crippen molar-refractivity contribution in [3.8, 4) is 0 Å². The Morgan fingerprint density at radius 2 is 2.29 bits per heavy atom. The maximum absolute atomic E-state index is 12.0. The summed E-state index contributed by atoms with van der Waals surface area (Å²) in [6.45, 7) is 1.65. The van der Waals surface area contributed by atoms with E-state index in [1.54, 1.807) is 0 Å². The fraction of sp³-hybridized carbons (Fsp3) is 0.462. The normalized spacial score (nSPS) is 30.6. The van der Waals surface area contributed by atoms with Gasteiger partial charge in [-0.15, -0.1) is 0 Å². The number of nitrogens with zero attached hydrogens (tertiary/aromatic N) is 1. The van der Waals surface area contributed by atoms with Gasteiger partial charge in [-0.05, 0) is 29.5 Å². The number of likely N-dealkylation sites (tertiary alicyclic amines) is 1. The van der Waals surface area contributed by atoms with Crippen LogP contribution in [0.3, 0.4) is 0 Å². The Kier molecular flexibility index (Phi) is 2.71. The number of carbonyl (C=O) groups is 1. The lowest BCUT2D eigenvalue weighted by atomic mass is 10.2. The predicted octanol–water partition coefficient (Wildman–Crippen LogP) is 1.65. The first-order valence-electron chi connectivity index (χ1n) is 5.85. The molecule has 3 rings (SSSR count). The molecule has 0 bridgehead atoms. The van der Waals surface area contributed by atoms with Crippen LogP contribution < -0.4 is 0 Å².